The van der Waals surface area contributed by atoms with Crippen LogP contribution in [0.5, 0.6) is 5.75 Å². The van der Waals surface area contributed by atoms with Crippen LogP contribution in [0.25, 0.3) is 0 Å². The van der Waals surface area contributed by atoms with Crippen molar-refractivity contribution >= 4 is 0 Å². The number of rotatable bonds is 8. The van der Waals surface area contributed by atoms with Crippen molar-refractivity contribution in [3.05, 3.63) is 65.0 Å². The lowest BCUT2D eigenvalue weighted by molar-refractivity contribution is 0.290. The van der Waals surface area contributed by atoms with Crippen LogP contribution in [0.15, 0.2) is 42.5 Å². The predicted octanol–water partition coefficient (Wildman–Crippen LogP) is 7.13. The lowest BCUT2D eigenvalue weighted by atomic mass is 9.77. The fourth-order valence-electron chi connectivity index (χ4n) is 4.20. The average Bonchev–Trinajstić information content (AvgIpc) is 2.74. The molecule has 0 aromatic heterocycles. The molecule has 0 spiro atoms. The molecule has 2 aromatic carbocycles. The van der Waals surface area contributed by atoms with Crippen molar-refractivity contribution in [1.82, 2.24) is 0 Å². The molecule has 0 N–H and O–H groups in total. The lowest BCUT2D eigenvalue weighted by Crippen LogP contribution is -2.13. The second-order valence-corrected chi connectivity index (χ2v) is 8.00. The maximum absolute atomic E-state index is 13.9. The number of ether oxygens (including phenoxy) is 1. The largest absolute Gasteiger partial charge is 0.486 e. The SMILES string of the molecule is CCCCCC1CCC(c2ccc(COc3ccc(C#N)cc3F)cc2)CC1. The molecule has 0 atom stereocenters. The first-order valence-corrected chi connectivity index (χ1v) is 10.6. The van der Waals surface area contributed by atoms with Crippen LogP contribution in [0.3, 0.4) is 0 Å². The molecule has 2 aromatic rings. The van der Waals surface area contributed by atoms with E-state index in [9.17, 15) is 4.39 Å². The first kappa shape index (κ1) is 20.4. The maximum Gasteiger partial charge on any atom is 0.166 e. The summed E-state index contributed by atoms with van der Waals surface area (Å²) in [7, 11) is 0. The number of nitrogens with zero attached hydrogens (tertiary/aromatic N) is 1. The Balaban J connectivity index is 1.48. The van der Waals surface area contributed by atoms with E-state index in [1.54, 1.807) is 6.07 Å². The zero-order valence-corrected chi connectivity index (χ0v) is 16.8. The van der Waals surface area contributed by atoms with E-state index in [0.717, 1.165) is 11.5 Å². The van der Waals surface area contributed by atoms with E-state index >= 15 is 0 Å². The third-order valence-corrected chi connectivity index (χ3v) is 5.97. The van der Waals surface area contributed by atoms with Gasteiger partial charge in [0, 0.05) is 0 Å². The molecule has 1 aliphatic carbocycles. The number of unbranched alkanes of at least 4 members (excludes halogenated alkanes) is 2. The van der Waals surface area contributed by atoms with Gasteiger partial charge in [-0.1, -0.05) is 56.9 Å². The van der Waals surface area contributed by atoms with Crippen LogP contribution in [0.4, 0.5) is 4.39 Å². The van der Waals surface area contributed by atoms with Gasteiger partial charge in [0.05, 0.1) is 11.6 Å². The van der Waals surface area contributed by atoms with Crippen molar-refractivity contribution < 1.29 is 9.13 Å². The molecule has 1 fully saturated rings. The van der Waals surface area contributed by atoms with Gasteiger partial charge in [-0.05, 0) is 66.8 Å². The number of nitriles is 1. The summed E-state index contributed by atoms with van der Waals surface area (Å²) in [5.74, 6) is 1.29. The lowest BCUT2D eigenvalue weighted by Gasteiger charge is -2.29. The van der Waals surface area contributed by atoms with Crippen LogP contribution in [0, 0.1) is 23.1 Å². The second kappa shape index (κ2) is 10.3. The summed E-state index contributed by atoms with van der Waals surface area (Å²) >= 11 is 0. The van der Waals surface area contributed by atoms with Crippen LogP contribution < -0.4 is 4.74 Å². The minimum Gasteiger partial charge on any atom is -0.486 e. The molecule has 0 unspecified atom stereocenters. The molecule has 148 valence electrons. The normalized spacial score (nSPS) is 19.2. The molecule has 1 saturated carbocycles. The Bertz CT molecular complexity index is 785. The van der Waals surface area contributed by atoms with E-state index in [1.165, 1.54) is 69.1 Å². The molecule has 0 radical (unpaired) electrons. The third kappa shape index (κ3) is 5.58. The second-order valence-electron chi connectivity index (χ2n) is 8.00. The molecule has 3 rings (SSSR count). The van der Waals surface area contributed by atoms with E-state index in [4.69, 9.17) is 10.00 Å². The Hall–Kier alpha value is -2.34. The highest BCUT2D eigenvalue weighted by molar-refractivity contribution is 5.36. The highest BCUT2D eigenvalue weighted by Gasteiger charge is 2.22. The van der Waals surface area contributed by atoms with E-state index in [2.05, 4.69) is 31.2 Å². The zero-order valence-electron chi connectivity index (χ0n) is 16.8. The molecule has 0 bridgehead atoms. The van der Waals surface area contributed by atoms with Crippen molar-refractivity contribution in [3.63, 3.8) is 0 Å². The minimum atomic E-state index is -0.494. The van der Waals surface area contributed by atoms with Crippen LogP contribution in [0.2, 0.25) is 0 Å². The van der Waals surface area contributed by atoms with Crippen LogP contribution in [-0.2, 0) is 6.61 Å². The molecule has 0 amide bonds. The fourth-order valence-corrected chi connectivity index (χ4v) is 4.20. The van der Waals surface area contributed by atoms with Gasteiger partial charge in [-0.25, -0.2) is 4.39 Å². The first-order chi connectivity index (χ1) is 13.7. The number of benzene rings is 2. The number of hydrogen-bond acceptors (Lipinski definition) is 2. The quantitative estimate of drug-likeness (QED) is 0.457. The van der Waals surface area contributed by atoms with Crippen molar-refractivity contribution in [2.75, 3.05) is 0 Å². The summed E-state index contributed by atoms with van der Waals surface area (Å²) < 4.78 is 19.5. The van der Waals surface area contributed by atoms with E-state index < -0.39 is 5.82 Å². The van der Waals surface area contributed by atoms with Crippen molar-refractivity contribution in [1.29, 1.82) is 5.26 Å². The van der Waals surface area contributed by atoms with Gasteiger partial charge in [-0.15, -0.1) is 0 Å². The summed E-state index contributed by atoms with van der Waals surface area (Å²) in [6.45, 7) is 2.60. The molecule has 0 heterocycles. The monoisotopic (exact) mass is 379 g/mol. The Morgan fingerprint density at radius 2 is 1.79 bits per heavy atom. The summed E-state index contributed by atoms with van der Waals surface area (Å²) in [5.41, 5.74) is 2.75. The molecule has 28 heavy (non-hydrogen) atoms. The first-order valence-electron chi connectivity index (χ1n) is 10.6. The van der Waals surface area contributed by atoms with E-state index in [0.29, 0.717) is 18.1 Å². The van der Waals surface area contributed by atoms with E-state index in [1.807, 2.05) is 6.07 Å². The fraction of sp³-hybridized carbons (Fsp3) is 0.480. The third-order valence-electron chi connectivity index (χ3n) is 5.97. The topological polar surface area (TPSA) is 33.0 Å². The van der Waals surface area contributed by atoms with Gasteiger partial charge in [0.2, 0.25) is 0 Å². The summed E-state index contributed by atoms with van der Waals surface area (Å²) in [4.78, 5) is 0. The van der Waals surface area contributed by atoms with Gasteiger partial charge in [-0.2, -0.15) is 5.26 Å². The highest BCUT2D eigenvalue weighted by atomic mass is 19.1. The molecule has 1 aliphatic rings. The molecular weight excluding hydrogens is 349 g/mol. The molecule has 2 nitrogen and oxygen atoms in total. The van der Waals surface area contributed by atoms with Crippen LogP contribution >= 0.6 is 0 Å². The maximum atomic E-state index is 13.9. The van der Waals surface area contributed by atoms with Crippen molar-refractivity contribution in [2.24, 2.45) is 5.92 Å². The Morgan fingerprint density at radius 1 is 1.04 bits per heavy atom. The molecule has 3 heteroatoms. The Kier molecular flexibility index (Phi) is 7.48. The number of halogens is 1. The van der Waals surface area contributed by atoms with Crippen LogP contribution in [-0.4, -0.2) is 0 Å². The summed E-state index contributed by atoms with van der Waals surface area (Å²) in [6.07, 6.45) is 10.8. The van der Waals surface area contributed by atoms with Gasteiger partial charge in [-0.3, -0.25) is 0 Å². The summed E-state index contributed by atoms with van der Waals surface area (Å²) in [6, 6.07) is 14.8. The smallest absolute Gasteiger partial charge is 0.166 e. The minimum absolute atomic E-state index is 0.185. The van der Waals surface area contributed by atoms with Crippen molar-refractivity contribution in [2.45, 2.75) is 70.8 Å². The Labute approximate surface area is 168 Å². The van der Waals surface area contributed by atoms with Gasteiger partial charge in [0.15, 0.2) is 11.6 Å². The highest BCUT2D eigenvalue weighted by Crippen LogP contribution is 2.37. The molecular formula is C25H30FNO. The van der Waals surface area contributed by atoms with Gasteiger partial charge >= 0.3 is 0 Å². The molecule has 0 aliphatic heterocycles. The van der Waals surface area contributed by atoms with Crippen LogP contribution in [0.1, 0.15) is 80.9 Å². The number of hydrogen-bond donors (Lipinski definition) is 0. The summed E-state index contributed by atoms with van der Waals surface area (Å²) in [5, 5.41) is 8.80. The Morgan fingerprint density at radius 3 is 2.43 bits per heavy atom. The van der Waals surface area contributed by atoms with E-state index in [-0.39, 0.29) is 5.75 Å². The predicted molar refractivity (Wildman–Crippen MR) is 111 cm³/mol. The average molecular weight is 380 g/mol. The van der Waals surface area contributed by atoms with Gasteiger partial charge in [0.1, 0.15) is 6.61 Å². The zero-order chi connectivity index (χ0) is 19.8. The van der Waals surface area contributed by atoms with Gasteiger partial charge < -0.3 is 4.74 Å². The van der Waals surface area contributed by atoms with Crippen molar-refractivity contribution in [3.8, 4) is 11.8 Å². The molecule has 0 saturated heterocycles. The van der Waals surface area contributed by atoms with Gasteiger partial charge in [0.25, 0.3) is 0 Å². The standard InChI is InChI=1S/C25H30FNO/c1-2-3-4-5-19-6-11-22(12-7-19)23-13-8-20(9-14-23)18-28-25-15-10-21(17-27)16-24(25)26/h8-10,13-16,19,22H,2-7,11-12,18H2,1H3.